The van der Waals surface area contributed by atoms with Crippen LogP contribution in [0.25, 0.3) is 11.4 Å². The molecule has 0 bridgehead atoms. The van der Waals surface area contributed by atoms with Gasteiger partial charge in [-0.15, -0.1) is 4.21 Å². The van der Waals surface area contributed by atoms with Gasteiger partial charge in [-0.1, -0.05) is 18.2 Å². The number of ether oxygens (including phenoxy) is 2. The van der Waals surface area contributed by atoms with E-state index in [0.29, 0.717) is 35.7 Å². The highest BCUT2D eigenvalue weighted by Gasteiger charge is 2.56. The van der Waals surface area contributed by atoms with Crippen LogP contribution in [0, 0.1) is 0 Å². The molecule has 9 heteroatoms. The molecule has 8 nitrogen and oxygen atoms in total. The van der Waals surface area contributed by atoms with Crippen molar-refractivity contribution >= 4 is 28.4 Å². The van der Waals surface area contributed by atoms with Gasteiger partial charge in [0.15, 0.2) is 10.6 Å². The van der Waals surface area contributed by atoms with E-state index in [9.17, 15) is 9.00 Å². The predicted octanol–water partition coefficient (Wildman–Crippen LogP) is 4.83. The van der Waals surface area contributed by atoms with Crippen molar-refractivity contribution < 1.29 is 18.5 Å². The summed E-state index contributed by atoms with van der Waals surface area (Å²) in [6, 6.07) is 18.4. The molecule has 3 aromatic rings. The van der Waals surface area contributed by atoms with Crippen molar-refractivity contribution in [3.63, 3.8) is 0 Å². The average molecular weight is 520 g/mol. The van der Waals surface area contributed by atoms with Crippen LogP contribution in [0.1, 0.15) is 37.8 Å². The Kier molecular flexibility index (Phi) is 6.65. The topological polar surface area (TPSA) is 93.7 Å². The van der Waals surface area contributed by atoms with Crippen molar-refractivity contribution in [2.45, 2.75) is 42.1 Å². The highest BCUT2D eigenvalue weighted by atomic mass is 32.2. The summed E-state index contributed by atoms with van der Waals surface area (Å²) >= 11 is 0. The average Bonchev–Trinajstić information content (AvgIpc) is 3.75. The number of nitrogens with one attached hydrogen (secondary N) is 1. The second-order valence-corrected chi connectivity index (χ2v) is 12.1. The first-order chi connectivity index (χ1) is 18.1. The highest BCUT2D eigenvalue weighted by Crippen LogP contribution is 2.51. The van der Waals surface area contributed by atoms with Gasteiger partial charge in [-0.2, -0.15) is 0 Å². The largest absolute Gasteiger partial charge is 0.417 e. The number of anilines is 2. The van der Waals surface area contributed by atoms with Crippen LogP contribution in [-0.4, -0.2) is 47.6 Å². The Hall–Kier alpha value is -3.30. The van der Waals surface area contributed by atoms with Gasteiger partial charge in [0.1, 0.15) is 22.5 Å². The molecule has 0 radical (unpaired) electrons. The molecular formula is C28H31N4O4S+. The molecule has 6 rings (SSSR count). The van der Waals surface area contributed by atoms with Crippen LogP contribution in [-0.2, 0) is 24.5 Å². The van der Waals surface area contributed by atoms with E-state index >= 15 is 0 Å². The molecule has 1 N–H and O–H groups in total. The third-order valence-electron chi connectivity index (χ3n) is 7.35. The smallest absolute Gasteiger partial charge is 0.410 e. The number of carbonyl (C=O) groups is 1. The molecule has 1 amide bonds. The number of hydrogen-bond acceptors (Lipinski definition) is 7. The Labute approximate surface area is 218 Å². The normalized spacial score (nSPS) is 19.5. The van der Waals surface area contributed by atoms with E-state index in [2.05, 4.69) is 16.3 Å². The molecule has 1 atom stereocenters. The Morgan fingerprint density at radius 2 is 1.76 bits per heavy atom. The van der Waals surface area contributed by atoms with Crippen LogP contribution in [0.15, 0.2) is 60.7 Å². The highest BCUT2D eigenvalue weighted by molar-refractivity contribution is 7.86. The number of para-hydroxylation sites is 1. The van der Waals surface area contributed by atoms with Gasteiger partial charge in [0.05, 0.1) is 24.0 Å². The summed E-state index contributed by atoms with van der Waals surface area (Å²) in [6.07, 6.45) is 4.49. The number of aromatic nitrogens is 2. The summed E-state index contributed by atoms with van der Waals surface area (Å²) in [6.45, 7) is 2.86. The van der Waals surface area contributed by atoms with Crippen molar-refractivity contribution in [2.75, 3.05) is 36.5 Å². The molecule has 1 saturated heterocycles. The van der Waals surface area contributed by atoms with Gasteiger partial charge in [0.2, 0.25) is 0 Å². The van der Waals surface area contributed by atoms with Crippen molar-refractivity contribution in [1.82, 2.24) is 9.97 Å². The van der Waals surface area contributed by atoms with Crippen LogP contribution in [0.2, 0.25) is 0 Å². The fraction of sp³-hybridized carbons (Fsp3) is 0.393. The van der Waals surface area contributed by atoms with E-state index in [0.717, 1.165) is 62.3 Å². The number of carbonyl (C=O) groups excluding carboxylic acids is 1. The van der Waals surface area contributed by atoms with Gasteiger partial charge in [0, 0.05) is 43.2 Å². The van der Waals surface area contributed by atoms with E-state index in [1.54, 1.807) is 12.1 Å². The minimum absolute atomic E-state index is 0.335. The maximum Gasteiger partial charge on any atom is 0.417 e. The lowest BCUT2D eigenvalue weighted by Gasteiger charge is -2.36. The summed E-state index contributed by atoms with van der Waals surface area (Å²) < 4.78 is 24.1. The van der Waals surface area contributed by atoms with Gasteiger partial charge >= 0.3 is 6.09 Å². The van der Waals surface area contributed by atoms with Crippen LogP contribution < -0.4 is 15.0 Å². The van der Waals surface area contributed by atoms with E-state index in [4.69, 9.17) is 19.4 Å². The number of hydrogen-bond donors (Lipinski definition) is 1. The number of thiol groups is 1. The van der Waals surface area contributed by atoms with Crippen LogP contribution in [0.3, 0.4) is 0 Å². The zero-order chi connectivity index (χ0) is 25.2. The molecule has 1 unspecified atom stereocenters. The number of nitrogens with zero attached hydrogens (tertiary/aromatic N) is 3. The SMILES string of the molecule is O=C(Nc1ccc(-c2nc(N3CCOCC3)cc(C3([SH+](=O)C4CC4)CCC3)n2)cc1)Oc1ccccc1. The summed E-state index contributed by atoms with van der Waals surface area (Å²) in [5.74, 6) is 1.96. The van der Waals surface area contributed by atoms with Crippen LogP contribution >= 0.6 is 0 Å². The first-order valence-electron chi connectivity index (χ1n) is 12.9. The van der Waals surface area contributed by atoms with E-state index in [1.165, 1.54) is 0 Å². The molecule has 2 saturated carbocycles. The first kappa shape index (κ1) is 24.1. The molecule has 37 heavy (non-hydrogen) atoms. The summed E-state index contributed by atoms with van der Waals surface area (Å²) in [7, 11) is -1.36. The van der Waals surface area contributed by atoms with Crippen LogP contribution in [0.4, 0.5) is 16.3 Å². The lowest BCUT2D eigenvalue weighted by molar-refractivity contribution is 0.122. The van der Waals surface area contributed by atoms with Crippen LogP contribution in [0.5, 0.6) is 5.75 Å². The molecule has 1 aliphatic heterocycles. The van der Waals surface area contributed by atoms with Crippen molar-refractivity contribution in [3.8, 4) is 17.1 Å². The maximum absolute atomic E-state index is 13.5. The number of benzene rings is 2. The fourth-order valence-corrected chi connectivity index (χ4v) is 7.37. The molecule has 192 valence electrons. The summed E-state index contributed by atoms with van der Waals surface area (Å²) in [5.41, 5.74) is 2.36. The molecule has 3 fully saturated rings. The molecule has 1 aromatic heterocycles. The monoisotopic (exact) mass is 519 g/mol. The standard InChI is InChI=1S/C28H30N4O4S/c33-27(36-22-5-2-1-3-6-22)29-21-9-7-20(8-10-21)26-30-24(19-25(31-26)32-15-17-35-18-16-32)28(13-4-14-28)37(34)23-11-12-23/h1-3,5-10,19,23H,4,11-18H2,(H,29,33)/p+1. The van der Waals surface area contributed by atoms with E-state index in [1.807, 2.05) is 42.5 Å². The van der Waals surface area contributed by atoms with Gasteiger partial charge < -0.3 is 14.4 Å². The minimum atomic E-state index is -1.36. The summed E-state index contributed by atoms with van der Waals surface area (Å²) in [4.78, 5) is 24.4. The zero-order valence-corrected chi connectivity index (χ0v) is 21.5. The fourth-order valence-electron chi connectivity index (χ4n) is 4.96. The molecular weight excluding hydrogens is 488 g/mol. The van der Waals surface area contributed by atoms with Crippen molar-refractivity contribution in [2.24, 2.45) is 0 Å². The molecule has 2 aliphatic carbocycles. The Bertz CT molecular complexity index is 1290. The quantitative estimate of drug-likeness (QED) is 0.353. The van der Waals surface area contributed by atoms with Crippen molar-refractivity contribution in [3.05, 3.63) is 66.4 Å². The molecule has 2 aromatic carbocycles. The van der Waals surface area contributed by atoms with Gasteiger partial charge in [-0.25, -0.2) is 14.8 Å². The van der Waals surface area contributed by atoms with Gasteiger partial charge in [-0.05, 0) is 55.7 Å². The lowest BCUT2D eigenvalue weighted by Crippen LogP contribution is -2.42. The zero-order valence-electron chi connectivity index (χ0n) is 20.6. The molecule has 3 aliphatic rings. The van der Waals surface area contributed by atoms with E-state index in [-0.39, 0.29) is 4.75 Å². The first-order valence-corrected chi connectivity index (χ1v) is 14.3. The maximum atomic E-state index is 13.5. The number of rotatable bonds is 7. The molecule has 2 heterocycles. The number of morpholine rings is 1. The Balaban J connectivity index is 1.27. The molecule has 0 spiro atoms. The Morgan fingerprint density at radius 1 is 1.03 bits per heavy atom. The minimum Gasteiger partial charge on any atom is -0.410 e. The lowest BCUT2D eigenvalue weighted by atomic mass is 9.81. The Morgan fingerprint density at radius 3 is 2.41 bits per heavy atom. The predicted molar refractivity (Wildman–Crippen MR) is 145 cm³/mol. The number of amides is 1. The summed E-state index contributed by atoms with van der Waals surface area (Å²) in [5, 5.41) is 3.09. The third-order valence-corrected chi connectivity index (χ3v) is 10.0. The second-order valence-electron chi connectivity index (χ2n) is 9.88. The second kappa shape index (κ2) is 10.2. The van der Waals surface area contributed by atoms with Gasteiger partial charge in [-0.3, -0.25) is 5.32 Å². The van der Waals surface area contributed by atoms with Gasteiger partial charge in [0.25, 0.3) is 0 Å². The van der Waals surface area contributed by atoms with E-state index < -0.39 is 16.9 Å². The third kappa shape index (κ3) is 5.10. The van der Waals surface area contributed by atoms with Crippen molar-refractivity contribution in [1.29, 1.82) is 0 Å².